The number of nitrogen functional groups attached to an aromatic ring is 1. The Balaban J connectivity index is 2.31. The summed E-state index contributed by atoms with van der Waals surface area (Å²) < 4.78 is 5.51. The van der Waals surface area contributed by atoms with Crippen molar-refractivity contribution in [2.24, 2.45) is 0 Å². The Bertz CT molecular complexity index is 464. The Morgan fingerprint density at radius 1 is 1.47 bits per heavy atom. The fraction of sp³-hybridized carbons (Fsp3) is 0.100. The standard InChI is InChI=1S/C10H9ClN2OS/c1-6-5-15-10(13-6)14-9-7(11)3-2-4-8(9)12/h2-5H,12H2,1H3. The van der Waals surface area contributed by atoms with Gasteiger partial charge in [-0.3, -0.25) is 0 Å². The molecule has 1 aromatic carbocycles. The Hall–Kier alpha value is -1.26. The summed E-state index contributed by atoms with van der Waals surface area (Å²) in [4.78, 5) is 4.17. The fourth-order valence-corrected chi connectivity index (χ4v) is 1.97. The third kappa shape index (κ3) is 2.22. The Kier molecular flexibility index (Phi) is 2.79. The topological polar surface area (TPSA) is 48.1 Å². The van der Waals surface area contributed by atoms with Crippen molar-refractivity contribution in [2.75, 3.05) is 5.73 Å². The van der Waals surface area contributed by atoms with E-state index in [0.29, 0.717) is 21.7 Å². The molecule has 0 amide bonds. The molecule has 2 N–H and O–H groups in total. The summed E-state index contributed by atoms with van der Waals surface area (Å²) in [6, 6.07) is 5.24. The van der Waals surface area contributed by atoms with E-state index in [2.05, 4.69) is 4.98 Å². The lowest BCUT2D eigenvalue weighted by Gasteiger charge is -2.06. The van der Waals surface area contributed by atoms with Crippen LogP contribution in [-0.4, -0.2) is 4.98 Å². The van der Waals surface area contributed by atoms with Crippen LogP contribution >= 0.6 is 22.9 Å². The molecular formula is C10H9ClN2OS. The minimum Gasteiger partial charge on any atom is -0.427 e. The summed E-state index contributed by atoms with van der Waals surface area (Å²) in [5, 5.41) is 2.94. The van der Waals surface area contributed by atoms with Gasteiger partial charge in [-0.15, -0.1) is 0 Å². The largest absolute Gasteiger partial charge is 0.427 e. The van der Waals surface area contributed by atoms with E-state index in [-0.39, 0.29) is 0 Å². The maximum Gasteiger partial charge on any atom is 0.279 e. The van der Waals surface area contributed by atoms with Crippen LogP contribution in [0.5, 0.6) is 10.9 Å². The minimum absolute atomic E-state index is 0.466. The molecule has 0 bridgehead atoms. The number of hydrogen-bond acceptors (Lipinski definition) is 4. The molecule has 0 saturated carbocycles. The zero-order chi connectivity index (χ0) is 10.8. The number of aromatic nitrogens is 1. The molecule has 0 radical (unpaired) electrons. The molecule has 2 rings (SSSR count). The maximum atomic E-state index is 5.96. The Morgan fingerprint density at radius 3 is 2.87 bits per heavy atom. The number of hydrogen-bond donors (Lipinski definition) is 1. The SMILES string of the molecule is Cc1csc(Oc2c(N)cccc2Cl)n1. The van der Waals surface area contributed by atoms with E-state index < -0.39 is 0 Å². The number of rotatable bonds is 2. The van der Waals surface area contributed by atoms with Crippen LogP contribution in [0.2, 0.25) is 5.02 Å². The van der Waals surface area contributed by atoms with Gasteiger partial charge in [-0.25, -0.2) is 4.98 Å². The molecule has 0 saturated heterocycles. The Labute approximate surface area is 96.5 Å². The van der Waals surface area contributed by atoms with Gasteiger partial charge < -0.3 is 10.5 Å². The second kappa shape index (κ2) is 4.08. The zero-order valence-corrected chi connectivity index (χ0v) is 9.60. The van der Waals surface area contributed by atoms with Crippen LogP contribution in [0.1, 0.15) is 5.69 Å². The molecule has 0 atom stereocenters. The van der Waals surface area contributed by atoms with E-state index >= 15 is 0 Å². The number of aryl methyl sites for hydroxylation is 1. The van der Waals surface area contributed by atoms with Gasteiger partial charge in [0.15, 0.2) is 5.75 Å². The molecule has 0 aliphatic heterocycles. The summed E-state index contributed by atoms with van der Waals surface area (Å²) in [7, 11) is 0. The highest BCUT2D eigenvalue weighted by Crippen LogP contribution is 2.35. The molecule has 0 fully saturated rings. The second-order valence-electron chi connectivity index (χ2n) is 3.02. The van der Waals surface area contributed by atoms with Crippen molar-refractivity contribution in [3.63, 3.8) is 0 Å². The lowest BCUT2D eigenvalue weighted by atomic mass is 10.3. The number of benzene rings is 1. The number of anilines is 1. The molecule has 3 nitrogen and oxygen atoms in total. The highest BCUT2D eigenvalue weighted by molar-refractivity contribution is 7.11. The van der Waals surface area contributed by atoms with Crippen molar-refractivity contribution in [3.8, 4) is 10.9 Å². The maximum absolute atomic E-state index is 5.96. The molecule has 0 aliphatic rings. The third-order valence-electron chi connectivity index (χ3n) is 1.78. The van der Waals surface area contributed by atoms with E-state index in [1.165, 1.54) is 11.3 Å². The van der Waals surface area contributed by atoms with Crippen molar-refractivity contribution < 1.29 is 4.74 Å². The van der Waals surface area contributed by atoms with Gasteiger partial charge in [0.25, 0.3) is 5.19 Å². The van der Waals surface area contributed by atoms with Gasteiger partial charge in [0.2, 0.25) is 0 Å². The van der Waals surface area contributed by atoms with Crippen molar-refractivity contribution >= 4 is 28.6 Å². The molecule has 1 aromatic heterocycles. The summed E-state index contributed by atoms with van der Waals surface area (Å²) in [5.41, 5.74) is 7.17. The number of halogens is 1. The van der Waals surface area contributed by atoms with Crippen molar-refractivity contribution in [2.45, 2.75) is 6.92 Å². The van der Waals surface area contributed by atoms with Crippen LogP contribution in [0, 0.1) is 6.92 Å². The van der Waals surface area contributed by atoms with E-state index in [1.54, 1.807) is 18.2 Å². The van der Waals surface area contributed by atoms with Crippen LogP contribution in [0.15, 0.2) is 23.6 Å². The molecule has 2 aromatic rings. The minimum atomic E-state index is 0.466. The fourth-order valence-electron chi connectivity index (χ4n) is 1.10. The molecule has 5 heteroatoms. The summed E-state index contributed by atoms with van der Waals surface area (Å²) >= 11 is 7.37. The van der Waals surface area contributed by atoms with Gasteiger partial charge in [0.1, 0.15) is 0 Å². The first-order valence-corrected chi connectivity index (χ1v) is 5.56. The van der Waals surface area contributed by atoms with Gasteiger partial charge in [-0.1, -0.05) is 29.0 Å². The first kappa shape index (κ1) is 10.3. The smallest absolute Gasteiger partial charge is 0.279 e. The van der Waals surface area contributed by atoms with Gasteiger partial charge in [0, 0.05) is 5.38 Å². The molecule has 78 valence electrons. The second-order valence-corrected chi connectivity index (χ2v) is 4.24. The summed E-state index contributed by atoms with van der Waals surface area (Å²) in [5.74, 6) is 0.466. The van der Waals surface area contributed by atoms with E-state index in [9.17, 15) is 0 Å². The lowest BCUT2D eigenvalue weighted by Crippen LogP contribution is -1.92. The summed E-state index contributed by atoms with van der Waals surface area (Å²) in [6.07, 6.45) is 0. The number of para-hydroxylation sites is 1. The highest BCUT2D eigenvalue weighted by atomic mass is 35.5. The van der Waals surface area contributed by atoms with Gasteiger partial charge in [0.05, 0.1) is 16.4 Å². The van der Waals surface area contributed by atoms with Crippen molar-refractivity contribution in [3.05, 3.63) is 34.3 Å². The van der Waals surface area contributed by atoms with Crippen molar-refractivity contribution in [1.82, 2.24) is 4.98 Å². The highest BCUT2D eigenvalue weighted by Gasteiger charge is 2.08. The van der Waals surface area contributed by atoms with Crippen LogP contribution in [0.4, 0.5) is 5.69 Å². The first-order chi connectivity index (χ1) is 7.16. The molecule has 0 unspecified atom stereocenters. The van der Waals surface area contributed by atoms with Crippen LogP contribution in [-0.2, 0) is 0 Å². The van der Waals surface area contributed by atoms with E-state index in [1.807, 2.05) is 12.3 Å². The predicted octanol–water partition coefficient (Wildman–Crippen LogP) is 3.48. The average molecular weight is 241 g/mol. The molecule has 15 heavy (non-hydrogen) atoms. The third-order valence-corrected chi connectivity index (χ3v) is 2.92. The monoisotopic (exact) mass is 240 g/mol. The average Bonchev–Trinajstić information content (AvgIpc) is 2.58. The molecule has 0 aliphatic carbocycles. The molecule has 1 heterocycles. The van der Waals surface area contributed by atoms with Gasteiger partial charge in [-0.2, -0.15) is 0 Å². The van der Waals surface area contributed by atoms with Crippen LogP contribution in [0.3, 0.4) is 0 Å². The predicted molar refractivity (Wildman–Crippen MR) is 62.8 cm³/mol. The number of ether oxygens (including phenoxy) is 1. The molecular weight excluding hydrogens is 232 g/mol. The lowest BCUT2D eigenvalue weighted by molar-refractivity contribution is 0.480. The quantitative estimate of drug-likeness (QED) is 0.818. The first-order valence-electron chi connectivity index (χ1n) is 4.31. The van der Waals surface area contributed by atoms with Gasteiger partial charge in [-0.05, 0) is 19.1 Å². The Morgan fingerprint density at radius 2 is 2.27 bits per heavy atom. The number of thiazole rings is 1. The van der Waals surface area contributed by atoms with E-state index in [4.69, 9.17) is 22.1 Å². The van der Waals surface area contributed by atoms with E-state index in [0.717, 1.165) is 5.69 Å². The van der Waals surface area contributed by atoms with Crippen LogP contribution < -0.4 is 10.5 Å². The normalized spacial score (nSPS) is 10.3. The number of nitrogens with two attached hydrogens (primary N) is 1. The summed E-state index contributed by atoms with van der Waals surface area (Å²) in [6.45, 7) is 1.90. The van der Waals surface area contributed by atoms with Gasteiger partial charge >= 0.3 is 0 Å². The van der Waals surface area contributed by atoms with Crippen LogP contribution in [0.25, 0.3) is 0 Å². The zero-order valence-electron chi connectivity index (χ0n) is 8.03. The molecule has 0 spiro atoms. The number of nitrogens with zero attached hydrogens (tertiary/aromatic N) is 1. The van der Waals surface area contributed by atoms with Crippen molar-refractivity contribution in [1.29, 1.82) is 0 Å².